The first-order chi connectivity index (χ1) is 17.5. The van der Waals surface area contributed by atoms with Crippen molar-refractivity contribution in [2.45, 2.75) is 82.5 Å². The fourth-order valence-corrected chi connectivity index (χ4v) is 6.03. The van der Waals surface area contributed by atoms with Crippen LogP contribution >= 0.6 is 11.6 Å². The van der Waals surface area contributed by atoms with Crippen molar-refractivity contribution >= 4 is 35.0 Å². The van der Waals surface area contributed by atoms with E-state index in [0.717, 1.165) is 12.0 Å². The topological polar surface area (TPSA) is 114 Å². The molecular weight excluding hydrogens is 504 g/mol. The Balaban J connectivity index is 1.54. The van der Waals surface area contributed by atoms with Gasteiger partial charge in [0.2, 0.25) is 17.7 Å². The van der Waals surface area contributed by atoms with Gasteiger partial charge in [-0.25, -0.2) is 8.78 Å². The second kappa shape index (κ2) is 10.8. The molecule has 4 fully saturated rings. The van der Waals surface area contributed by atoms with E-state index in [1.165, 1.54) is 4.90 Å². The molecule has 1 aromatic rings. The molecule has 3 saturated heterocycles. The Hall–Kier alpha value is -2.93. The van der Waals surface area contributed by atoms with E-state index in [1.807, 2.05) is 6.07 Å². The molecule has 6 atom stereocenters. The molecule has 5 rings (SSSR count). The summed E-state index contributed by atoms with van der Waals surface area (Å²) in [5.74, 6) is -6.32. The van der Waals surface area contributed by atoms with Crippen molar-refractivity contribution < 1.29 is 23.2 Å². The van der Waals surface area contributed by atoms with Crippen LogP contribution in [0.4, 0.5) is 14.5 Å². The number of nitrogens with zero attached hydrogens (tertiary/aromatic N) is 2. The van der Waals surface area contributed by atoms with Gasteiger partial charge in [-0.05, 0) is 63.6 Å². The summed E-state index contributed by atoms with van der Waals surface area (Å²) in [5, 5.41) is 18.6. The largest absolute Gasteiger partial charge is 0.374 e. The number of carbonyl (C=O) groups is 3. The Bertz CT molecular complexity index is 1110. The molecule has 8 nitrogen and oxygen atoms in total. The van der Waals surface area contributed by atoms with Crippen LogP contribution in [0, 0.1) is 30.1 Å². The number of benzene rings is 1. The zero-order chi connectivity index (χ0) is 26.9. The number of alkyl halides is 2. The molecule has 3 amide bonds. The Morgan fingerprint density at radius 1 is 1.32 bits per heavy atom. The molecule has 37 heavy (non-hydrogen) atoms. The van der Waals surface area contributed by atoms with Gasteiger partial charge in [0.25, 0.3) is 5.92 Å². The lowest BCUT2D eigenvalue weighted by Gasteiger charge is -2.54. The fraction of sp³-hybridized carbons (Fsp3) is 0.615. The van der Waals surface area contributed by atoms with Crippen molar-refractivity contribution in [3.8, 4) is 6.07 Å². The smallest absolute Gasteiger partial charge is 0.255 e. The van der Waals surface area contributed by atoms with Crippen LogP contribution in [0.25, 0.3) is 0 Å². The summed E-state index contributed by atoms with van der Waals surface area (Å²) >= 11 is 6.19. The predicted molar refractivity (Wildman–Crippen MR) is 134 cm³/mol. The Labute approximate surface area is 220 Å². The molecule has 3 heterocycles. The summed E-state index contributed by atoms with van der Waals surface area (Å²) in [5.41, 5.74) is 1.38. The first-order valence-corrected chi connectivity index (χ1v) is 13.1. The van der Waals surface area contributed by atoms with Crippen molar-refractivity contribution in [3.63, 3.8) is 0 Å². The maximum atomic E-state index is 15.0. The van der Waals surface area contributed by atoms with Crippen LogP contribution in [0.2, 0.25) is 5.02 Å². The van der Waals surface area contributed by atoms with E-state index in [0.29, 0.717) is 30.1 Å². The quantitative estimate of drug-likeness (QED) is 0.495. The number of amides is 3. The Morgan fingerprint density at radius 3 is 2.76 bits per heavy atom. The highest BCUT2D eigenvalue weighted by Gasteiger charge is 2.60. The molecule has 1 saturated carbocycles. The van der Waals surface area contributed by atoms with Crippen LogP contribution in [-0.2, 0) is 14.4 Å². The summed E-state index contributed by atoms with van der Waals surface area (Å²) in [6.07, 6.45) is 1.42. The van der Waals surface area contributed by atoms with E-state index in [-0.39, 0.29) is 18.7 Å². The van der Waals surface area contributed by atoms with E-state index < -0.39 is 60.2 Å². The van der Waals surface area contributed by atoms with E-state index >= 15 is 0 Å². The first kappa shape index (κ1) is 27.1. The molecule has 4 aliphatic rings. The Kier molecular flexibility index (Phi) is 7.93. The van der Waals surface area contributed by atoms with Crippen LogP contribution < -0.4 is 16.0 Å². The summed E-state index contributed by atoms with van der Waals surface area (Å²) in [6.45, 7) is 3.99. The van der Waals surface area contributed by atoms with Crippen LogP contribution in [0.15, 0.2) is 18.2 Å². The third-order valence-electron chi connectivity index (χ3n) is 7.86. The molecule has 0 aromatic heterocycles. The molecule has 3 N–H and O–H groups in total. The minimum atomic E-state index is -3.10. The second-order valence-electron chi connectivity index (χ2n) is 10.3. The predicted octanol–water partition coefficient (Wildman–Crippen LogP) is 3.39. The van der Waals surface area contributed by atoms with Crippen molar-refractivity contribution in [2.75, 3.05) is 11.9 Å². The number of rotatable bonds is 7. The van der Waals surface area contributed by atoms with Gasteiger partial charge < -0.3 is 20.9 Å². The SMILES string of the molecule is Cc1c(Cl)cccc1N[C@@H](C)C(=O)N1[C@H]2CC[C@@H]([C@H]1C(=O)N[C@H](C#N)C[C@H]1CCCNC1=O)C(F)(F)C2. The van der Waals surface area contributed by atoms with Gasteiger partial charge in [-0.15, -0.1) is 0 Å². The summed E-state index contributed by atoms with van der Waals surface area (Å²) < 4.78 is 29.9. The lowest BCUT2D eigenvalue weighted by atomic mass is 9.71. The second-order valence-corrected chi connectivity index (χ2v) is 10.7. The van der Waals surface area contributed by atoms with Crippen molar-refractivity contribution in [1.82, 2.24) is 15.5 Å². The number of anilines is 1. The highest BCUT2D eigenvalue weighted by atomic mass is 35.5. The molecular formula is C26H32ClF2N5O3. The molecule has 1 aliphatic carbocycles. The zero-order valence-electron chi connectivity index (χ0n) is 20.9. The van der Waals surface area contributed by atoms with Crippen LogP contribution in [0.1, 0.15) is 51.0 Å². The van der Waals surface area contributed by atoms with Gasteiger partial charge in [-0.2, -0.15) is 5.26 Å². The third kappa shape index (κ3) is 5.52. The number of halogens is 3. The van der Waals surface area contributed by atoms with E-state index in [2.05, 4.69) is 16.0 Å². The summed E-state index contributed by atoms with van der Waals surface area (Å²) in [6, 6.07) is 3.18. The van der Waals surface area contributed by atoms with E-state index in [1.54, 1.807) is 32.0 Å². The number of nitriles is 1. The lowest BCUT2D eigenvalue weighted by Crippen LogP contribution is -2.70. The van der Waals surface area contributed by atoms with Gasteiger partial charge >= 0.3 is 0 Å². The van der Waals surface area contributed by atoms with Gasteiger partial charge in [-0.1, -0.05) is 17.7 Å². The minimum Gasteiger partial charge on any atom is -0.374 e. The van der Waals surface area contributed by atoms with E-state index in [9.17, 15) is 28.4 Å². The van der Waals surface area contributed by atoms with Gasteiger partial charge in [0.15, 0.2) is 0 Å². The van der Waals surface area contributed by atoms with Gasteiger partial charge in [-0.3, -0.25) is 14.4 Å². The van der Waals surface area contributed by atoms with Gasteiger partial charge in [0.05, 0.1) is 12.0 Å². The standard InChI is InChI=1S/C26H32ClF2N5O3/c1-14-20(27)6-3-7-21(14)32-15(2)25(37)34-18-8-9-19(26(28,29)12-18)22(34)24(36)33-17(13-30)11-16-5-4-10-31-23(16)35/h3,6-7,15-19,22,32H,4-5,8-12H2,1-2H3,(H,31,35)(H,33,36)/t15-,16+,17-,18-,19-,22-/m0/s1. The highest BCUT2D eigenvalue weighted by molar-refractivity contribution is 6.31. The van der Waals surface area contributed by atoms with Crippen molar-refractivity contribution in [3.05, 3.63) is 28.8 Å². The van der Waals surface area contributed by atoms with Crippen LogP contribution in [0.5, 0.6) is 0 Å². The average molecular weight is 536 g/mol. The first-order valence-electron chi connectivity index (χ1n) is 12.7. The number of nitrogens with one attached hydrogen (secondary N) is 3. The molecule has 2 bridgehead atoms. The van der Waals surface area contributed by atoms with Crippen LogP contribution in [0.3, 0.4) is 0 Å². The van der Waals surface area contributed by atoms with Gasteiger partial charge in [0.1, 0.15) is 18.1 Å². The summed E-state index contributed by atoms with van der Waals surface area (Å²) in [4.78, 5) is 40.5. The zero-order valence-corrected chi connectivity index (χ0v) is 21.7. The molecule has 0 radical (unpaired) electrons. The van der Waals surface area contributed by atoms with Crippen LogP contribution in [-0.4, -0.2) is 59.3 Å². The van der Waals surface area contributed by atoms with Crippen molar-refractivity contribution in [2.24, 2.45) is 11.8 Å². The monoisotopic (exact) mass is 535 g/mol. The number of piperidine rings is 3. The Morgan fingerprint density at radius 2 is 2.08 bits per heavy atom. The fourth-order valence-electron chi connectivity index (χ4n) is 5.85. The lowest BCUT2D eigenvalue weighted by molar-refractivity contribution is -0.194. The molecule has 1 aromatic carbocycles. The molecule has 0 unspecified atom stereocenters. The third-order valence-corrected chi connectivity index (χ3v) is 8.27. The van der Waals surface area contributed by atoms with Crippen molar-refractivity contribution in [1.29, 1.82) is 5.26 Å². The maximum absolute atomic E-state index is 15.0. The average Bonchev–Trinajstić information content (AvgIpc) is 2.86. The van der Waals surface area contributed by atoms with Gasteiger partial charge in [0, 0.05) is 35.6 Å². The molecule has 200 valence electrons. The number of hydrogen-bond acceptors (Lipinski definition) is 5. The number of carbonyl (C=O) groups excluding carboxylic acids is 3. The number of hydrogen-bond donors (Lipinski definition) is 3. The molecule has 11 heteroatoms. The normalized spacial score (nSPS) is 28.0. The molecule has 0 spiro atoms. The minimum absolute atomic E-state index is 0.0885. The maximum Gasteiger partial charge on any atom is 0.255 e. The number of fused-ring (bicyclic) bond motifs is 3. The molecule has 3 aliphatic heterocycles. The highest BCUT2D eigenvalue weighted by Crippen LogP contribution is 2.49. The summed E-state index contributed by atoms with van der Waals surface area (Å²) in [7, 11) is 0. The van der Waals surface area contributed by atoms with E-state index in [4.69, 9.17) is 11.6 Å².